The van der Waals surface area contributed by atoms with E-state index in [0.29, 0.717) is 30.8 Å². The molecule has 3 aromatic rings. The molecule has 0 unspecified atom stereocenters. The normalized spacial score (nSPS) is 17.1. The van der Waals surface area contributed by atoms with Crippen LogP contribution in [0.5, 0.6) is 11.5 Å². The first-order valence-electron chi connectivity index (χ1n) is 11.1. The Morgan fingerprint density at radius 2 is 1.88 bits per heavy atom. The van der Waals surface area contributed by atoms with Gasteiger partial charge in [0.25, 0.3) is 0 Å². The summed E-state index contributed by atoms with van der Waals surface area (Å²) in [6.45, 7) is 4.79. The average molecular weight is 457 g/mol. The maximum Gasteiger partial charge on any atom is 0.179 e. The molecular formula is C24H26ClFN4O2. The van der Waals surface area contributed by atoms with Crippen LogP contribution < -0.4 is 14.8 Å². The molecule has 0 spiro atoms. The van der Waals surface area contributed by atoms with Crippen molar-refractivity contribution in [2.24, 2.45) is 0 Å². The van der Waals surface area contributed by atoms with E-state index >= 15 is 0 Å². The molecule has 1 aromatic carbocycles. The lowest BCUT2D eigenvalue weighted by molar-refractivity contribution is 0.170. The number of ether oxygens (including phenoxy) is 2. The van der Waals surface area contributed by atoms with E-state index in [1.807, 2.05) is 6.07 Å². The Morgan fingerprint density at radius 3 is 2.72 bits per heavy atom. The monoisotopic (exact) mass is 456 g/mol. The molecule has 1 N–H and O–H groups in total. The topological polar surface area (TPSA) is 59.5 Å². The number of aromatic nitrogens is 2. The highest BCUT2D eigenvalue weighted by molar-refractivity contribution is 6.32. The molecule has 2 aliphatic rings. The zero-order valence-corrected chi connectivity index (χ0v) is 18.6. The Hall–Kier alpha value is -2.48. The average Bonchev–Trinajstić information content (AvgIpc) is 2.82. The van der Waals surface area contributed by atoms with Gasteiger partial charge in [-0.1, -0.05) is 11.6 Å². The molecular weight excluding hydrogens is 431 g/mol. The number of rotatable bonds is 6. The Bertz CT molecular complexity index is 1100. The van der Waals surface area contributed by atoms with Gasteiger partial charge in [-0.25, -0.2) is 4.39 Å². The first kappa shape index (κ1) is 21.4. The minimum atomic E-state index is -0.262. The van der Waals surface area contributed by atoms with E-state index in [2.05, 4.69) is 20.2 Å². The lowest BCUT2D eigenvalue weighted by Crippen LogP contribution is -2.43. The summed E-state index contributed by atoms with van der Waals surface area (Å²) >= 11 is 6.40. The van der Waals surface area contributed by atoms with Gasteiger partial charge >= 0.3 is 0 Å². The van der Waals surface area contributed by atoms with Crippen LogP contribution in [0, 0.1) is 5.82 Å². The van der Waals surface area contributed by atoms with Crippen molar-refractivity contribution in [3.8, 4) is 11.5 Å². The predicted octanol–water partition coefficient (Wildman–Crippen LogP) is 3.99. The summed E-state index contributed by atoms with van der Waals surface area (Å²) < 4.78 is 24.9. The highest BCUT2D eigenvalue weighted by Gasteiger charge is 2.20. The molecule has 1 fully saturated rings. The van der Waals surface area contributed by atoms with Crippen molar-refractivity contribution in [3.63, 3.8) is 0 Å². The van der Waals surface area contributed by atoms with Crippen molar-refractivity contribution in [2.45, 2.75) is 31.8 Å². The Morgan fingerprint density at radius 1 is 1.06 bits per heavy atom. The number of benzene rings is 1. The van der Waals surface area contributed by atoms with Crippen LogP contribution >= 0.6 is 11.6 Å². The molecule has 0 atom stereocenters. The van der Waals surface area contributed by atoms with E-state index in [-0.39, 0.29) is 5.82 Å². The van der Waals surface area contributed by atoms with Crippen LogP contribution in [0.3, 0.4) is 0 Å². The van der Waals surface area contributed by atoms with Crippen molar-refractivity contribution in [3.05, 3.63) is 58.8 Å². The third-order valence-corrected chi connectivity index (χ3v) is 6.54. The van der Waals surface area contributed by atoms with Gasteiger partial charge in [-0.2, -0.15) is 0 Å². The van der Waals surface area contributed by atoms with Crippen LogP contribution in [0.25, 0.3) is 10.9 Å². The fourth-order valence-corrected chi connectivity index (χ4v) is 4.66. The molecule has 8 heteroatoms. The summed E-state index contributed by atoms with van der Waals surface area (Å²) in [4.78, 5) is 11.2. The molecule has 4 heterocycles. The molecule has 5 rings (SSSR count). The third kappa shape index (κ3) is 4.80. The van der Waals surface area contributed by atoms with E-state index in [9.17, 15) is 4.39 Å². The van der Waals surface area contributed by atoms with Crippen molar-refractivity contribution in [2.75, 3.05) is 32.8 Å². The number of fused-ring (bicyclic) bond motifs is 2. The lowest BCUT2D eigenvalue weighted by atomic mass is 10.0. The lowest BCUT2D eigenvalue weighted by Gasteiger charge is -2.32. The summed E-state index contributed by atoms with van der Waals surface area (Å²) in [7, 11) is 0. The van der Waals surface area contributed by atoms with E-state index in [4.69, 9.17) is 21.1 Å². The number of nitrogens with zero attached hydrogens (tertiary/aromatic N) is 3. The van der Waals surface area contributed by atoms with Crippen LogP contribution in [0.4, 0.5) is 4.39 Å². The van der Waals surface area contributed by atoms with Gasteiger partial charge < -0.3 is 19.7 Å². The molecule has 32 heavy (non-hydrogen) atoms. The van der Waals surface area contributed by atoms with Crippen LogP contribution in [-0.2, 0) is 13.0 Å². The first-order chi connectivity index (χ1) is 15.7. The quantitative estimate of drug-likeness (QED) is 0.605. The third-order valence-electron chi connectivity index (χ3n) is 6.21. The largest absolute Gasteiger partial charge is 0.486 e. The van der Waals surface area contributed by atoms with Gasteiger partial charge in [-0.05, 0) is 56.1 Å². The van der Waals surface area contributed by atoms with Crippen molar-refractivity contribution in [1.82, 2.24) is 20.2 Å². The van der Waals surface area contributed by atoms with Gasteiger partial charge in [0.2, 0.25) is 0 Å². The number of piperidine rings is 1. The van der Waals surface area contributed by atoms with Crippen LogP contribution in [0.1, 0.15) is 24.1 Å². The number of nitrogens with one attached hydrogen (secondary N) is 1. The summed E-state index contributed by atoms with van der Waals surface area (Å²) in [6.07, 6.45) is 6.33. The van der Waals surface area contributed by atoms with Crippen LogP contribution in [-0.4, -0.2) is 53.8 Å². The highest BCUT2D eigenvalue weighted by atomic mass is 35.5. The molecule has 168 valence electrons. The van der Waals surface area contributed by atoms with Crippen LogP contribution in [0.15, 0.2) is 36.7 Å². The van der Waals surface area contributed by atoms with Crippen molar-refractivity contribution >= 4 is 22.5 Å². The molecule has 6 nitrogen and oxygen atoms in total. The number of likely N-dealkylation sites (tertiary alicyclic amines) is 1. The standard InChI is InChI=1S/C24H26ClFN4O2/c25-21-14-29-22-2-1-16(26)11-20(22)19(21)5-8-30-6-3-17(4-7-30)27-13-18-12-23-24(15-28-18)32-10-9-31-23/h1-2,11-12,14-15,17,27H,3-10,13H2. The summed E-state index contributed by atoms with van der Waals surface area (Å²) in [5, 5.41) is 5.03. The van der Waals surface area contributed by atoms with Gasteiger partial charge in [0, 0.05) is 36.8 Å². The fraction of sp³-hybridized carbons (Fsp3) is 0.417. The van der Waals surface area contributed by atoms with E-state index in [0.717, 1.165) is 72.6 Å². The summed E-state index contributed by atoms with van der Waals surface area (Å²) in [5.41, 5.74) is 2.71. The zero-order valence-electron chi connectivity index (χ0n) is 17.8. The second-order valence-electron chi connectivity index (χ2n) is 8.31. The number of pyridine rings is 2. The second kappa shape index (κ2) is 9.57. The minimum absolute atomic E-state index is 0.262. The van der Waals surface area contributed by atoms with Gasteiger partial charge in [0.15, 0.2) is 11.5 Å². The van der Waals surface area contributed by atoms with Gasteiger partial charge in [0.05, 0.1) is 22.4 Å². The van der Waals surface area contributed by atoms with Crippen LogP contribution in [0.2, 0.25) is 5.02 Å². The number of hydrogen-bond donors (Lipinski definition) is 1. The highest BCUT2D eigenvalue weighted by Crippen LogP contribution is 2.29. The van der Waals surface area contributed by atoms with E-state index in [1.54, 1.807) is 18.5 Å². The Balaban J connectivity index is 1.12. The maximum absolute atomic E-state index is 13.8. The second-order valence-corrected chi connectivity index (χ2v) is 8.72. The van der Waals surface area contributed by atoms with Gasteiger partial charge in [0.1, 0.15) is 19.0 Å². The fourth-order valence-electron chi connectivity index (χ4n) is 4.41. The number of hydrogen-bond acceptors (Lipinski definition) is 6. The molecule has 0 radical (unpaired) electrons. The Labute approximate surface area is 191 Å². The molecule has 2 aliphatic heterocycles. The molecule has 0 bridgehead atoms. The van der Waals surface area contributed by atoms with Crippen molar-refractivity contribution < 1.29 is 13.9 Å². The summed E-state index contributed by atoms with van der Waals surface area (Å²) in [6, 6.07) is 7.10. The molecule has 1 saturated heterocycles. The number of halogens is 2. The smallest absolute Gasteiger partial charge is 0.179 e. The summed E-state index contributed by atoms with van der Waals surface area (Å²) in [5.74, 6) is 1.24. The first-order valence-corrected chi connectivity index (χ1v) is 11.5. The van der Waals surface area contributed by atoms with Gasteiger partial charge in [-0.3, -0.25) is 9.97 Å². The predicted molar refractivity (Wildman–Crippen MR) is 122 cm³/mol. The van der Waals surface area contributed by atoms with E-state index < -0.39 is 0 Å². The SMILES string of the molecule is Fc1ccc2ncc(Cl)c(CCN3CCC(NCc4cc5c(cn4)OCCO5)CC3)c2c1. The Kier molecular flexibility index (Phi) is 6.39. The van der Waals surface area contributed by atoms with Gasteiger partial charge in [-0.15, -0.1) is 0 Å². The molecule has 0 saturated carbocycles. The zero-order chi connectivity index (χ0) is 21.9. The van der Waals surface area contributed by atoms with E-state index in [1.165, 1.54) is 12.1 Å². The molecule has 2 aromatic heterocycles. The molecule has 0 aliphatic carbocycles. The maximum atomic E-state index is 13.8. The minimum Gasteiger partial charge on any atom is -0.486 e. The molecule has 0 amide bonds. The van der Waals surface area contributed by atoms with Crippen molar-refractivity contribution in [1.29, 1.82) is 0 Å².